The van der Waals surface area contributed by atoms with Crippen molar-refractivity contribution in [2.75, 3.05) is 26.4 Å². The van der Waals surface area contributed by atoms with E-state index in [-0.39, 0.29) is 12.2 Å². The molecule has 1 aliphatic heterocycles. The molecule has 3 heteroatoms. The second kappa shape index (κ2) is 5.37. The molecule has 0 spiro atoms. The number of rotatable bonds is 5. The van der Waals surface area contributed by atoms with Gasteiger partial charge in [0.25, 0.3) is 0 Å². The van der Waals surface area contributed by atoms with Crippen LogP contribution in [0.5, 0.6) is 0 Å². The number of aliphatic hydroxyl groups excluding tert-OH is 1. The summed E-state index contributed by atoms with van der Waals surface area (Å²) in [6.45, 7) is 5.88. The van der Waals surface area contributed by atoms with Crippen LogP contribution in [0, 0.1) is 0 Å². The average molecular weight is 186 g/mol. The van der Waals surface area contributed by atoms with E-state index < -0.39 is 0 Å². The summed E-state index contributed by atoms with van der Waals surface area (Å²) < 4.78 is 11.1. The molecule has 1 N–H and O–H groups in total. The Morgan fingerprint density at radius 2 is 2.31 bits per heavy atom. The molecule has 1 atom stereocenters. The Balaban J connectivity index is 2.45. The molecule has 0 bridgehead atoms. The summed E-state index contributed by atoms with van der Waals surface area (Å²) in [4.78, 5) is 0. The summed E-state index contributed by atoms with van der Waals surface area (Å²) in [5.74, 6) is 0. The summed E-state index contributed by atoms with van der Waals surface area (Å²) >= 11 is 0. The minimum atomic E-state index is -0.220. The standard InChI is InChI=1S/C10H18O3/c1-2-4-10(5-3-6-11)9-12-7-8-13-10/h2,11H,1,3-9H2. The first kappa shape index (κ1) is 10.7. The van der Waals surface area contributed by atoms with Crippen molar-refractivity contribution in [1.29, 1.82) is 0 Å². The quantitative estimate of drug-likeness (QED) is 0.654. The minimum Gasteiger partial charge on any atom is -0.396 e. The first-order valence-electron chi connectivity index (χ1n) is 4.76. The zero-order valence-electron chi connectivity index (χ0n) is 8.00. The van der Waals surface area contributed by atoms with Gasteiger partial charge in [-0.2, -0.15) is 0 Å². The van der Waals surface area contributed by atoms with Crippen molar-refractivity contribution in [2.45, 2.75) is 24.9 Å². The van der Waals surface area contributed by atoms with Crippen LogP contribution in [-0.4, -0.2) is 37.1 Å². The zero-order valence-corrected chi connectivity index (χ0v) is 8.00. The van der Waals surface area contributed by atoms with E-state index in [9.17, 15) is 0 Å². The third kappa shape index (κ3) is 3.10. The van der Waals surface area contributed by atoms with Crippen molar-refractivity contribution >= 4 is 0 Å². The van der Waals surface area contributed by atoms with Crippen molar-refractivity contribution < 1.29 is 14.6 Å². The van der Waals surface area contributed by atoms with Gasteiger partial charge in [0.15, 0.2) is 0 Å². The van der Waals surface area contributed by atoms with Crippen LogP contribution in [0.15, 0.2) is 12.7 Å². The number of aliphatic hydroxyl groups is 1. The highest BCUT2D eigenvalue weighted by Crippen LogP contribution is 2.26. The van der Waals surface area contributed by atoms with Crippen molar-refractivity contribution in [3.05, 3.63) is 12.7 Å². The second-order valence-corrected chi connectivity index (χ2v) is 3.40. The Labute approximate surface area is 79.3 Å². The number of hydrogen-bond donors (Lipinski definition) is 1. The molecule has 0 aliphatic carbocycles. The van der Waals surface area contributed by atoms with Gasteiger partial charge < -0.3 is 14.6 Å². The maximum absolute atomic E-state index is 8.76. The SMILES string of the molecule is C=CCC1(CCCO)COCCO1. The van der Waals surface area contributed by atoms with E-state index >= 15 is 0 Å². The van der Waals surface area contributed by atoms with Crippen molar-refractivity contribution in [2.24, 2.45) is 0 Å². The maximum Gasteiger partial charge on any atom is 0.0950 e. The van der Waals surface area contributed by atoms with Crippen molar-refractivity contribution in [3.63, 3.8) is 0 Å². The van der Waals surface area contributed by atoms with Crippen LogP contribution in [0.4, 0.5) is 0 Å². The van der Waals surface area contributed by atoms with Crippen LogP contribution in [0.3, 0.4) is 0 Å². The minimum absolute atomic E-state index is 0.211. The monoisotopic (exact) mass is 186 g/mol. The Morgan fingerprint density at radius 1 is 1.46 bits per heavy atom. The molecule has 1 saturated heterocycles. The summed E-state index contributed by atoms with van der Waals surface area (Å²) in [6.07, 6.45) is 4.26. The summed E-state index contributed by atoms with van der Waals surface area (Å²) in [5, 5.41) is 8.76. The Kier molecular flexibility index (Phi) is 4.42. The fourth-order valence-corrected chi connectivity index (χ4v) is 1.65. The first-order chi connectivity index (χ1) is 6.33. The molecule has 1 rings (SSSR count). The molecule has 0 saturated carbocycles. The van der Waals surface area contributed by atoms with Crippen LogP contribution < -0.4 is 0 Å². The molecule has 0 aromatic heterocycles. The van der Waals surface area contributed by atoms with Crippen molar-refractivity contribution in [1.82, 2.24) is 0 Å². The highest BCUT2D eigenvalue weighted by Gasteiger charge is 2.32. The first-order valence-corrected chi connectivity index (χ1v) is 4.76. The fourth-order valence-electron chi connectivity index (χ4n) is 1.65. The van der Waals surface area contributed by atoms with Crippen LogP contribution in [-0.2, 0) is 9.47 Å². The average Bonchev–Trinajstić information content (AvgIpc) is 2.17. The molecule has 0 amide bonds. The van der Waals surface area contributed by atoms with Gasteiger partial charge in [-0.3, -0.25) is 0 Å². The fraction of sp³-hybridized carbons (Fsp3) is 0.800. The molecular weight excluding hydrogens is 168 g/mol. The van der Waals surface area contributed by atoms with Gasteiger partial charge in [-0.15, -0.1) is 6.58 Å². The van der Waals surface area contributed by atoms with E-state index in [4.69, 9.17) is 14.6 Å². The highest BCUT2D eigenvalue weighted by molar-refractivity contribution is 4.89. The van der Waals surface area contributed by atoms with Gasteiger partial charge in [0.2, 0.25) is 0 Å². The molecule has 76 valence electrons. The van der Waals surface area contributed by atoms with E-state index in [0.29, 0.717) is 19.8 Å². The van der Waals surface area contributed by atoms with Gasteiger partial charge in [0, 0.05) is 6.61 Å². The highest BCUT2D eigenvalue weighted by atomic mass is 16.6. The lowest BCUT2D eigenvalue weighted by Crippen LogP contribution is -2.43. The molecule has 0 aromatic carbocycles. The molecular formula is C10H18O3. The lowest BCUT2D eigenvalue weighted by atomic mass is 9.94. The van der Waals surface area contributed by atoms with Crippen molar-refractivity contribution in [3.8, 4) is 0 Å². The molecule has 1 fully saturated rings. The Hall–Kier alpha value is -0.380. The molecule has 1 heterocycles. The van der Waals surface area contributed by atoms with E-state index in [2.05, 4.69) is 6.58 Å². The van der Waals surface area contributed by atoms with Gasteiger partial charge in [0.1, 0.15) is 0 Å². The number of hydrogen-bond acceptors (Lipinski definition) is 3. The molecule has 0 aromatic rings. The lowest BCUT2D eigenvalue weighted by molar-refractivity contribution is -0.160. The van der Waals surface area contributed by atoms with Crippen LogP contribution in [0.25, 0.3) is 0 Å². The summed E-state index contributed by atoms with van der Waals surface area (Å²) in [7, 11) is 0. The normalized spacial score (nSPS) is 28.7. The van der Waals surface area contributed by atoms with Gasteiger partial charge in [-0.05, 0) is 19.3 Å². The summed E-state index contributed by atoms with van der Waals surface area (Å²) in [5.41, 5.74) is -0.220. The molecule has 1 aliphatic rings. The smallest absolute Gasteiger partial charge is 0.0950 e. The predicted molar refractivity (Wildman–Crippen MR) is 50.6 cm³/mol. The van der Waals surface area contributed by atoms with Gasteiger partial charge >= 0.3 is 0 Å². The second-order valence-electron chi connectivity index (χ2n) is 3.40. The molecule has 13 heavy (non-hydrogen) atoms. The van der Waals surface area contributed by atoms with Crippen LogP contribution >= 0.6 is 0 Å². The Morgan fingerprint density at radius 3 is 2.85 bits per heavy atom. The van der Waals surface area contributed by atoms with Crippen LogP contribution in [0.1, 0.15) is 19.3 Å². The third-order valence-corrected chi connectivity index (χ3v) is 2.31. The Bertz CT molecular complexity index is 150. The largest absolute Gasteiger partial charge is 0.396 e. The molecule has 0 radical (unpaired) electrons. The van der Waals surface area contributed by atoms with Gasteiger partial charge in [-0.1, -0.05) is 6.08 Å². The molecule has 1 unspecified atom stereocenters. The van der Waals surface area contributed by atoms with E-state index in [1.165, 1.54) is 0 Å². The van der Waals surface area contributed by atoms with E-state index in [1.807, 2.05) is 6.08 Å². The summed E-state index contributed by atoms with van der Waals surface area (Å²) in [6, 6.07) is 0. The number of ether oxygens (including phenoxy) is 2. The van der Waals surface area contributed by atoms with E-state index in [1.54, 1.807) is 0 Å². The van der Waals surface area contributed by atoms with E-state index in [0.717, 1.165) is 19.3 Å². The third-order valence-electron chi connectivity index (χ3n) is 2.31. The maximum atomic E-state index is 8.76. The predicted octanol–water partition coefficient (Wildman–Crippen LogP) is 1.12. The van der Waals surface area contributed by atoms with Gasteiger partial charge in [0.05, 0.1) is 25.4 Å². The lowest BCUT2D eigenvalue weighted by Gasteiger charge is -2.36. The molecule has 3 nitrogen and oxygen atoms in total. The van der Waals surface area contributed by atoms with Gasteiger partial charge in [-0.25, -0.2) is 0 Å². The topological polar surface area (TPSA) is 38.7 Å². The zero-order chi connectivity index (χ0) is 9.57. The van der Waals surface area contributed by atoms with Crippen LogP contribution in [0.2, 0.25) is 0 Å².